The maximum atomic E-state index is 12.9. The molecule has 0 radical (unpaired) electrons. The SMILES string of the molecule is C.COC(=O)C1C(c2cc(N)n3ncc(-c4cnn(C)c4)c3n2)CCCN1C(=O)OC(C)(C)C.Cn1cc(-c2cnn3c(N)cc(C4CCCN(C(=O)OC(C)(C)C)C4CO)nc23)cn1.Cn1cc(-c2cnn3c(N)cc([C@H]4CCCN5C(=O)OC[C@H]45)nc23)cn1. The molecule has 0 spiro atoms. The third-order valence-corrected chi connectivity index (χ3v) is 16.4. The van der Waals surface area contributed by atoms with E-state index in [1.165, 1.54) is 12.0 Å². The van der Waals surface area contributed by atoms with Crippen molar-refractivity contribution < 1.29 is 43.2 Å². The molecule has 484 valence electrons. The van der Waals surface area contributed by atoms with Crippen molar-refractivity contribution in [2.45, 2.75) is 135 Å². The molecule has 91 heavy (non-hydrogen) atoms. The van der Waals surface area contributed by atoms with E-state index in [0.717, 1.165) is 77.0 Å². The number of cyclic esters (lactones) is 1. The van der Waals surface area contributed by atoms with E-state index in [1.54, 1.807) is 103 Å². The van der Waals surface area contributed by atoms with E-state index in [2.05, 4.69) is 30.6 Å². The number of aliphatic hydroxyl groups excluding tert-OH is 1. The molecule has 13 rings (SSSR count). The highest BCUT2D eigenvalue weighted by molar-refractivity contribution is 5.84. The van der Waals surface area contributed by atoms with Gasteiger partial charge in [0, 0.05) is 129 Å². The van der Waals surface area contributed by atoms with Crippen LogP contribution in [0, 0.1) is 0 Å². The Balaban J connectivity index is 0.000000150. The Morgan fingerprint density at radius 3 is 1.40 bits per heavy atom. The van der Waals surface area contributed by atoms with Gasteiger partial charge in [-0.2, -0.15) is 44.1 Å². The Labute approximate surface area is 525 Å². The zero-order chi connectivity index (χ0) is 64.1. The van der Waals surface area contributed by atoms with Gasteiger partial charge in [0.2, 0.25) is 0 Å². The van der Waals surface area contributed by atoms with Crippen molar-refractivity contribution in [1.29, 1.82) is 0 Å². The molecule has 0 aromatic carbocycles. The predicted octanol–water partition coefficient (Wildman–Crippen LogP) is 6.60. The summed E-state index contributed by atoms with van der Waals surface area (Å²) in [5, 5.41) is 36.0. The van der Waals surface area contributed by atoms with Crippen molar-refractivity contribution in [2.24, 2.45) is 21.1 Å². The lowest BCUT2D eigenvalue weighted by atomic mass is 9.86. The molecule has 30 heteroatoms. The number of piperidine rings is 3. The number of carbonyl (C=O) groups is 4. The van der Waals surface area contributed by atoms with Gasteiger partial charge in [-0.05, 0) is 80.1 Å². The molecule has 30 nitrogen and oxygen atoms in total. The lowest BCUT2D eigenvalue weighted by molar-refractivity contribution is -0.149. The standard InChI is InChI=1S/C22H29N7O4.C21H29N7O3.C17H19N7O2.CH4/c1-22(2,3)33-21(31)28-8-6-7-14(18(28)20(30)32-5)16-9-17(23)29-19(26-16)15(11-25-29)13-10-24-27(4)12-13;1-21(2,3)31-20(30)27-7-5-6-14(17(27)12-29)16-8-18(22)28-19(25-16)15(10-24-28)13-9-23-26(4)11-13;1-22-8-10(6-19-22)12-7-20-24-15(18)5-13(21-16(12)24)11-3-2-4-23-14(11)9-26-17(23)25;/h9-12,14,18H,6-8,23H2,1-5H3;8-11,14,17,29H,5-7,12,22H2,1-4H3;5-8,11,14H,2-4,9,18H2,1H3;1H4/t;;11-,14-;/m..1./s1. The summed E-state index contributed by atoms with van der Waals surface area (Å²) in [5.41, 5.74) is 26.8. The summed E-state index contributed by atoms with van der Waals surface area (Å²) >= 11 is 0. The molecule has 4 aliphatic heterocycles. The highest BCUT2D eigenvalue weighted by Crippen LogP contribution is 2.40. The van der Waals surface area contributed by atoms with E-state index in [1.807, 2.05) is 71.5 Å². The van der Waals surface area contributed by atoms with Crippen LogP contribution in [0.4, 0.5) is 31.8 Å². The molecule has 9 aromatic rings. The molecule has 3 amide bonds. The first-order chi connectivity index (χ1) is 42.9. The summed E-state index contributed by atoms with van der Waals surface area (Å²) in [6.07, 6.45) is 19.7. The number of likely N-dealkylation sites (tertiary alicyclic amines) is 2. The molecule has 4 saturated heterocycles. The van der Waals surface area contributed by atoms with Crippen LogP contribution < -0.4 is 17.2 Å². The van der Waals surface area contributed by atoms with Crippen molar-refractivity contribution in [3.8, 4) is 33.4 Å². The van der Waals surface area contributed by atoms with Gasteiger partial charge in [0.25, 0.3) is 0 Å². The Hall–Kier alpha value is -9.87. The van der Waals surface area contributed by atoms with E-state index in [9.17, 15) is 24.3 Å². The summed E-state index contributed by atoms with van der Waals surface area (Å²) < 4.78 is 31.4. The Morgan fingerprint density at radius 2 is 0.978 bits per heavy atom. The molecular formula is C61H81N21O9. The number of carbonyl (C=O) groups excluding carboxylic acids is 4. The van der Waals surface area contributed by atoms with Crippen molar-refractivity contribution in [1.82, 2.24) is 87.8 Å². The first kappa shape index (κ1) is 64.1. The van der Waals surface area contributed by atoms with Gasteiger partial charge < -0.3 is 51.1 Å². The van der Waals surface area contributed by atoms with Crippen molar-refractivity contribution in [3.63, 3.8) is 0 Å². The van der Waals surface area contributed by atoms with Gasteiger partial charge in [-0.25, -0.2) is 34.1 Å². The highest BCUT2D eigenvalue weighted by atomic mass is 16.6. The number of aliphatic hydroxyl groups is 1. The van der Waals surface area contributed by atoms with Gasteiger partial charge >= 0.3 is 24.2 Å². The molecule has 13 heterocycles. The van der Waals surface area contributed by atoms with Crippen LogP contribution in [0.15, 0.2) is 74.0 Å². The minimum atomic E-state index is -0.877. The second-order valence-corrected chi connectivity index (χ2v) is 25.1. The fraction of sp³-hybridized carbons (Fsp3) is 0.492. The number of anilines is 3. The van der Waals surface area contributed by atoms with E-state index in [-0.39, 0.29) is 38.0 Å². The second-order valence-electron chi connectivity index (χ2n) is 25.1. The van der Waals surface area contributed by atoms with E-state index in [0.29, 0.717) is 72.6 Å². The highest BCUT2D eigenvalue weighted by Gasteiger charge is 2.45. The molecule has 0 aliphatic carbocycles. The average Bonchev–Trinajstić information content (AvgIpc) is 2.03. The van der Waals surface area contributed by atoms with E-state index >= 15 is 0 Å². The monoisotopic (exact) mass is 1250 g/mol. The number of nitrogens with zero attached hydrogens (tertiary/aromatic N) is 18. The van der Waals surface area contributed by atoms with E-state index < -0.39 is 47.4 Å². The topological polar surface area (TPSA) is 357 Å². The Kier molecular flexibility index (Phi) is 18.0. The maximum absolute atomic E-state index is 12.9. The van der Waals surface area contributed by atoms with Gasteiger partial charge in [0.15, 0.2) is 16.9 Å². The van der Waals surface area contributed by atoms with Crippen LogP contribution in [0.1, 0.15) is 122 Å². The van der Waals surface area contributed by atoms with E-state index in [4.69, 9.17) is 51.1 Å². The number of nitrogen functional groups attached to an aromatic ring is 3. The smallest absolute Gasteiger partial charge is 0.411 e. The number of hydrogen-bond donors (Lipinski definition) is 4. The summed E-state index contributed by atoms with van der Waals surface area (Å²) in [5.74, 6) is 0.357. The average molecular weight is 1250 g/mol. The molecule has 6 atom stereocenters. The summed E-state index contributed by atoms with van der Waals surface area (Å²) in [7, 11) is 6.86. The minimum Gasteiger partial charge on any atom is -0.467 e. The molecule has 4 fully saturated rings. The fourth-order valence-corrected chi connectivity index (χ4v) is 12.4. The summed E-state index contributed by atoms with van der Waals surface area (Å²) in [6, 6.07) is 4.05. The normalized spacial score (nSPS) is 20.1. The molecule has 4 unspecified atom stereocenters. The number of hydrogen-bond acceptors (Lipinski definition) is 21. The van der Waals surface area contributed by atoms with Gasteiger partial charge in [-0.1, -0.05) is 7.43 Å². The number of aromatic nitrogens is 15. The van der Waals surface area contributed by atoms with Crippen LogP contribution in [0.3, 0.4) is 0 Å². The third kappa shape index (κ3) is 13.1. The lowest BCUT2D eigenvalue weighted by Gasteiger charge is -2.40. The van der Waals surface area contributed by atoms with Gasteiger partial charge in [0.1, 0.15) is 41.3 Å². The van der Waals surface area contributed by atoms with Crippen LogP contribution in [0.5, 0.6) is 0 Å². The molecule has 4 aliphatic rings. The molecule has 0 bridgehead atoms. The number of amides is 3. The van der Waals surface area contributed by atoms with Crippen LogP contribution >= 0.6 is 0 Å². The number of ether oxygens (including phenoxy) is 4. The van der Waals surface area contributed by atoms with Crippen molar-refractivity contribution in [2.75, 3.05) is 57.2 Å². The zero-order valence-corrected chi connectivity index (χ0v) is 52.2. The number of fused-ring (bicyclic) bond motifs is 4. The minimum absolute atomic E-state index is 0. The number of rotatable bonds is 8. The number of nitrogens with two attached hydrogens (primary N) is 3. The molecule has 7 N–H and O–H groups in total. The molecular weight excluding hydrogens is 1170 g/mol. The van der Waals surface area contributed by atoms with Crippen LogP contribution in [0.2, 0.25) is 0 Å². The van der Waals surface area contributed by atoms with Crippen LogP contribution in [0.25, 0.3) is 50.3 Å². The third-order valence-electron chi connectivity index (χ3n) is 16.4. The van der Waals surface area contributed by atoms with Gasteiger partial charge in [-0.3, -0.25) is 18.9 Å². The first-order valence-corrected chi connectivity index (χ1v) is 29.9. The first-order valence-electron chi connectivity index (χ1n) is 29.9. The largest absolute Gasteiger partial charge is 0.467 e. The number of aryl methyl sites for hydroxylation is 3. The Morgan fingerprint density at radius 1 is 0.582 bits per heavy atom. The fourth-order valence-electron chi connectivity index (χ4n) is 12.4. The summed E-state index contributed by atoms with van der Waals surface area (Å²) in [6.45, 7) is 12.7. The number of esters is 1. The van der Waals surface area contributed by atoms with Crippen molar-refractivity contribution in [3.05, 3.63) is 91.1 Å². The van der Waals surface area contributed by atoms with Gasteiger partial charge in [-0.15, -0.1) is 0 Å². The molecule has 9 aromatic heterocycles. The maximum Gasteiger partial charge on any atom is 0.411 e. The second kappa shape index (κ2) is 25.6. The van der Waals surface area contributed by atoms with Crippen LogP contribution in [-0.2, 0) is 44.9 Å². The summed E-state index contributed by atoms with van der Waals surface area (Å²) in [4.78, 5) is 69.9. The Bertz CT molecular complexity index is 4130. The van der Waals surface area contributed by atoms with Gasteiger partial charge in [0.05, 0.1) is 80.1 Å². The van der Waals surface area contributed by atoms with Crippen molar-refractivity contribution >= 4 is 58.6 Å². The quantitative estimate of drug-likeness (QED) is 0.0919. The van der Waals surface area contributed by atoms with Crippen LogP contribution in [-0.4, -0.2) is 186 Å². The predicted molar refractivity (Wildman–Crippen MR) is 336 cm³/mol. The lowest BCUT2D eigenvalue weighted by Crippen LogP contribution is -2.53. The number of methoxy groups -OCH3 is 1. The zero-order valence-electron chi connectivity index (χ0n) is 52.2. The molecule has 0 saturated carbocycles.